The summed E-state index contributed by atoms with van der Waals surface area (Å²) < 4.78 is 23.5. The number of aromatic nitrogens is 1. The first-order chi connectivity index (χ1) is 13.1. The standard InChI is InChI=1S/C21H17NO5/c1-22-19-13(5-4-11-8-16(24-2)17(25-3)9-14(11)19)12-6-7-15-20(27-10-26-15)18(12)21(22)23/h4-9H,10H2,1-3H3. The molecule has 0 N–H and O–H groups in total. The quantitative estimate of drug-likeness (QED) is 0.510. The first-order valence-electron chi connectivity index (χ1n) is 8.53. The molecule has 2 heterocycles. The minimum absolute atomic E-state index is 0.123. The summed E-state index contributed by atoms with van der Waals surface area (Å²) in [5.41, 5.74) is 0.715. The zero-order chi connectivity index (χ0) is 18.7. The normalized spacial score (nSPS) is 12.9. The molecule has 5 rings (SSSR count). The third-order valence-electron chi connectivity index (χ3n) is 5.18. The molecule has 1 aliphatic rings. The van der Waals surface area contributed by atoms with Gasteiger partial charge in [0.05, 0.1) is 25.1 Å². The fourth-order valence-electron chi connectivity index (χ4n) is 3.89. The van der Waals surface area contributed by atoms with Crippen molar-refractivity contribution < 1.29 is 18.9 Å². The van der Waals surface area contributed by atoms with Crippen LogP contribution in [0.15, 0.2) is 41.2 Å². The summed E-state index contributed by atoms with van der Waals surface area (Å²) in [6.07, 6.45) is 0. The molecule has 0 saturated carbocycles. The fraction of sp³-hybridized carbons (Fsp3) is 0.190. The average molecular weight is 363 g/mol. The van der Waals surface area contributed by atoms with Crippen LogP contribution in [0.4, 0.5) is 0 Å². The van der Waals surface area contributed by atoms with Crippen LogP contribution in [0.1, 0.15) is 0 Å². The molecule has 0 atom stereocenters. The first kappa shape index (κ1) is 15.8. The maximum atomic E-state index is 13.2. The monoisotopic (exact) mass is 363 g/mol. The SMILES string of the molecule is COc1cc2ccc3c4ccc5c(c4c(=O)n(C)c3c2cc1OC)OCO5. The van der Waals surface area contributed by atoms with E-state index in [1.807, 2.05) is 36.4 Å². The topological polar surface area (TPSA) is 58.9 Å². The molecule has 0 unspecified atom stereocenters. The highest BCUT2D eigenvalue weighted by molar-refractivity contribution is 6.17. The fourth-order valence-corrected chi connectivity index (χ4v) is 3.89. The number of rotatable bonds is 2. The molecule has 0 saturated heterocycles. The average Bonchev–Trinajstić information content (AvgIpc) is 3.18. The van der Waals surface area contributed by atoms with E-state index in [4.69, 9.17) is 18.9 Å². The van der Waals surface area contributed by atoms with E-state index >= 15 is 0 Å². The lowest BCUT2D eigenvalue weighted by Gasteiger charge is -2.15. The Bertz CT molecular complexity index is 1310. The number of hydrogen-bond acceptors (Lipinski definition) is 5. The summed E-state index contributed by atoms with van der Waals surface area (Å²) in [4.78, 5) is 13.2. The van der Waals surface area contributed by atoms with Crippen LogP contribution in [0, 0.1) is 0 Å². The number of methoxy groups -OCH3 is 2. The molecule has 6 nitrogen and oxygen atoms in total. The van der Waals surface area contributed by atoms with E-state index in [2.05, 4.69) is 0 Å². The van der Waals surface area contributed by atoms with Gasteiger partial charge in [-0.05, 0) is 29.7 Å². The molecule has 1 aromatic heterocycles. The molecule has 136 valence electrons. The Balaban J connectivity index is 2.00. The van der Waals surface area contributed by atoms with Crippen LogP contribution in [0.2, 0.25) is 0 Å². The lowest BCUT2D eigenvalue weighted by molar-refractivity contribution is 0.174. The molecule has 0 spiro atoms. The van der Waals surface area contributed by atoms with Gasteiger partial charge in [0.15, 0.2) is 23.0 Å². The maximum Gasteiger partial charge on any atom is 0.262 e. The van der Waals surface area contributed by atoms with Gasteiger partial charge >= 0.3 is 0 Å². The van der Waals surface area contributed by atoms with Gasteiger partial charge < -0.3 is 23.5 Å². The van der Waals surface area contributed by atoms with Crippen LogP contribution in [0.5, 0.6) is 23.0 Å². The van der Waals surface area contributed by atoms with Crippen molar-refractivity contribution in [3.63, 3.8) is 0 Å². The highest BCUT2D eigenvalue weighted by Crippen LogP contribution is 2.41. The molecule has 0 amide bonds. The molecule has 0 bridgehead atoms. The molecule has 1 aliphatic heterocycles. The van der Waals surface area contributed by atoms with Crippen LogP contribution in [0.3, 0.4) is 0 Å². The van der Waals surface area contributed by atoms with Gasteiger partial charge in [0.2, 0.25) is 6.79 Å². The van der Waals surface area contributed by atoms with E-state index in [1.54, 1.807) is 25.8 Å². The number of aryl methyl sites for hydroxylation is 1. The van der Waals surface area contributed by atoms with Crippen molar-refractivity contribution in [2.75, 3.05) is 21.0 Å². The summed E-state index contributed by atoms with van der Waals surface area (Å²) >= 11 is 0. The van der Waals surface area contributed by atoms with Crippen molar-refractivity contribution in [1.29, 1.82) is 0 Å². The number of benzene rings is 3. The Kier molecular flexibility index (Phi) is 3.25. The predicted octanol–water partition coefficient (Wildman–Crippen LogP) is 3.59. The lowest BCUT2D eigenvalue weighted by Crippen LogP contribution is -2.18. The van der Waals surface area contributed by atoms with Crippen molar-refractivity contribution in [3.8, 4) is 23.0 Å². The minimum Gasteiger partial charge on any atom is -0.493 e. The van der Waals surface area contributed by atoms with Gasteiger partial charge in [-0.25, -0.2) is 0 Å². The van der Waals surface area contributed by atoms with Gasteiger partial charge in [-0.2, -0.15) is 0 Å². The van der Waals surface area contributed by atoms with Gasteiger partial charge in [-0.15, -0.1) is 0 Å². The van der Waals surface area contributed by atoms with Crippen molar-refractivity contribution in [2.24, 2.45) is 7.05 Å². The van der Waals surface area contributed by atoms with Gasteiger partial charge in [0.25, 0.3) is 5.56 Å². The molecular weight excluding hydrogens is 346 g/mol. The summed E-state index contributed by atoms with van der Waals surface area (Å²) in [5.74, 6) is 2.39. The molecular formula is C21H17NO5. The molecule has 6 heteroatoms. The number of nitrogens with zero attached hydrogens (tertiary/aromatic N) is 1. The largest absolute Gasteiger partial charge is 0.493 e. The van der Waals surface area contributed by atoms with Crippen molar-refractivity contribution >= 4 is 32.4 Å². The van der Waals surface area contributed by atoms with Gasteiger partial charge in [0, 0.05) is 23.2 Å². The Morgan fingerprint density at radius 3 is 2.44 bits per heavy atom. The van der Waals surface area contributed by atoms with E-state index in [0.29, 0.717) is 28.4 Å². The van der Waals surface area contributed by atoms with Gasteiger partial charge in [-0.3, -0.25) is 4.79 Å². The second kappa shape index (κ2) is 5.54. The number of fused-ring (bicyclic) bond motifs is 7. The molecule has 3 aromatic carbocycles. The Hall–Kier alpha value is -3.41. The maximum absolute atomic E-state index is 13.2. The first-order valence-corrected chi connectivity index (χ1v) is 8.53. The van der Waals surface area contributed by atoms with E-state index in [0.717, 1.165) is 27.1 Å². The molecule has 0 aliphatic carbocycles. The zero-order valence-electron chi connectivity index (χ0n) is 15.2. The number of hydrogen-bond donors (Lipinski definition) is 0. The lowest BCUT2D eigenvalue weighted by atomic mass is 10.00. The summed E-state index contributed by atoms with van der Waals surface area (Å²) in [6.45, 7) is 0.129. The second-order valence-corrected chi connectivity index (χ2v) is 6.48. The van der Waals surface area contributed by atoms with Crippen LogP contribution in [0.25, 0.3) is 32.4 Å². The van der Waals surface area contributed by atoms with Crippen molar-refractivity contribution in [3.05, 3.63) is 46.8 Å². The van der Waals surface area contributed by atoms with Crippen LogP contribution in [-0.2, 0) is 7.05 Å². The Morgan fingerprint density at radius 1 is 0.926 bits per heavy atom. The zero-order valence-corrected chi connectivity index (χ0v) is 15.2. The highest BCUT2D eigenvalue weighted by atomic mass is 16.7. The van der Waals surface area contributed by atoms with Crippen molar-refractivity contribution in [1.82, 2.24) is 4.57 Å². The minimum atomic E-state index is -0.123. The third kappa shape index (κ3) is 2.04. The summed E-state index contributed by atoms with van der Waals surface area (Å²) in [7, 11) is 4.98. The van der Waals surface area contributed by atoms with Crippen LogP contribution < -0.4 is 24.5 Å². The number of ether oxygens (including phenoxy) is 4. The van der Waals surface area contributed by atoms with Crippen LogP contribution >= 0.6 is 0 Å². The molecule has 27 heavy (non-hydrogen) atoms. The molecule has 0 fully saturated rings. The second-order valence-electron chi connectivity index (χ2n) is 6.48. The smallest absolute Gasteiger partial charge is 0.262 e. The van der Waals surface area contributed by atoms with Crippen LogP contribution in [-0.4, -0.2) is 25.6 Å². The summed E-state index contributed by atoms with van der Waals surface area (Å²) in [5, 5.41) is 4.23. The highest BCUT2D eigenvalue weighted by Gasteiger charge is 2.22. The number of pyridine rings is 1. The van der Waals surface area contributed by atoms with E-state index in [-0.39, 0.29) is 12.4 Å². The van der Waals surface area contributed by atoms with E-state index in [9.17, 15) is 4.79 Å². The van der Waals surface area contributed by atoms with Gasteiger partial charge in [-0.1, -0.05) is 12.1 Å². The van der Waals surface area contributed by atoms with Gasteiger partial charge in [0.1, 0.15) is 0 Å². The third-order valence-corrected chi connectivity index (χ3v) is 5.18. The van der Waals surface area contributed by atoms with E-state index in [1.165, 1.54) is 0 Å². The van der Waals surface area contributed by atoms with E-state index < -0.39 is 0 Å². The Labute approximate surface area is 154 Å². The Morgan fingerprint density at radius 2 is 1.67 bits per heavy atom. The summed E-state index contributed by atoms with van der Waals surface area (Å²) in [6, 6.07) is 11.6. The molecule has 0 radical (unpaired) electrons. The van der Waals surface area contributed by atoms with Crippen molar-refractivity contribution in [2.45, 2.75) is 0 Å². The molecule has 4 aromatic rings. The predicted molar refractivity (Wildman–Crippen MR) is 103 cm³/mol.